The molecule has 0 radical (unpaired) electrons. The highest BCUT2D eigenvalue weighted by Crippen LogP contribution is 2.29. The molecule has 0 aliphatic rings. The van der Waals surface area contributed by atoms with Gasteiger partial charge in [-0.2, -0.15) is 0 Å². The van der Waals surface area contributed by atoms with Crippen LogP contribution >= 0.6 is 11.3 Å². The molecule has 0 bridgehead atoms. The zero-order chi connectivity index (χ0) is 22.2. The Bertz CT molecular complexity index is 1480. The molecule has 4 N–H and O–H groups in total. The van der Waals surface area contributed by atoms with Crippen molar-refractivity contribution in [2.75, 3.05) is 5.32 Å². The van der Waals surface area contributed by atoms with E-state index < -0.39 is 5.91 Å². The number of carbonyl (C=O) groups excluding carboxylic acids is 2. The summed E-state index contributed by atoms with van der Waals surface area (Å²) < 4.78 is 5.70. The van der Waals surface area contributed by atoms with Crippen molar-refractivity contribution in [3.05, 3.63) is 77.1 Å². The lowest BCUT2D eigenvalue weighted by Gasteiger charge is -2.08. The lowest BCUT2D eigenvalue weighted by atomic mass is 10.1. The number of nitrogens with one attached hydrogen (secondary N) is 2. The van der Waals surface area contributed by atoms with Crippen LogP contribution in [0.15, 0.2) is 64.5 Å². The number of carbonyl (C=O) groups is 2. The molecule has 4 heterocycles. The lowest BCUT2D eigenvalue weighted by Crippen LogP contribution is -2.13. The minimum Gasteiger partial charge on any atom is -0.460 e. The summed E-state index contributed by atoms with van der Waals surface area (Å²) in [4.78, 5) is 36.4. The maximum atomic E-state index is 13.2. The van der Waals surface area contributed by atoms with Crippen LogP contribution in [-0.2, 0) is 0 Å². The Labute approximate surface area is 186 Å². The number of pyridine rings is 1. The molecule has 1 aromatic carbocycles. The zero-order valence-electron chi connectivity index (χ0n) is 16.9. The Kier molecular flexibility index (Phi) is 4.79. The normalized spacial score (nSPS) is 11.0. The van der Waals surface area contributed by atoms with Crippen LogP contribution in [-0.4, -0.2) is 26.8 Å². The molecule has 8 nitrogen and oxygen atoms in total. The number of amides is 2. The van der Waals surface area contributed by atoms with Crippen molar-refractivity contribution in [1.29, 1.82) is 0 Å². The third kappa shape index (κ3) is 3.65. The summed E-state index contributed by atoms with van der Waals surface area (Å²) in [7, 11) is 0. The number of thiazole rings is 1. The molecule has 0 unspecified atom stereocenters. The van der Waals surface area contributed by atoms with Gasteiger partial charge in [-0.1, -0.05) is 18.2 Å². The van der Waals surface area contributed by atoms with Crippen molar-refractivity contribution in [3.63, 3.8) is 0 Å². The summed E-state index contributed by atoms with van der Waals surface area (Å²) in [6, 6.07) is 14.5. The molecule has 5 rings (SSSR count). The van der Waals surface area contributed by atoms with Crippen molar-refractivity contribution in [2.45, 2.75) is 6.92 Å². The van der Waals surface area contributed by atoms with Crippen molar-refractivity contribution in [3.8, 4) is 22.7 Å². The van der Waals surface area contributed by atoms with Crippen LogP contribution < -0.4 is 11.1 Å². The number of nitrogens with two attached hydrogens (primary N) is 1. The SMILES string of the molecule is Cc1ccc(-c2cc(C(=O)Nc3nc(-c4c[nH]c(C(N)=O)c4)cs3)c3ccccc3n2)o1. The van der Waals surface area contributed by atoms with Crippen LogP contribution in [0.4, 0.5) is 5.13 Å². The van der Waals surface area contributed by atoms with Gasteiger partial charge in [0, 0.05) is 22.5 Å². The first-order chi connectivity index (χ1) is 15.5. The smallest absolute Gasteiger partial charge is 0.265 e. The average Bonchev–Trinajstić information content (AvgIpc) is 3.53. The van der Waals surface area contributed by atoms with Gasteiger partial charge in [-0.3, -0.25) is 14.9 Å². The van der Waals surface area contributed by atoms with E-state index in [4.69, 9.17) is 10.2 Å². The largest absolute Gasteiger partial charge is 0.460 e. The van der Waals surface area contributed by atoms with Crippen molar-refractivity contribution in [1.82, 2.24) is 15.0 Å². The molecule has 0 aliphatic heterocycles. The zero-order valence-corrected chi connectivity index (χ0v) is 17.7. The van der Waals surface area contributed by atoms with Crippen molar-refractivity contribution >= 4 is 39.2 Å². The Hall–Kier alpha value is -4.24. The second-order valence-electron chi connectivity index (χ2n) is 7.14. The molecule has 5 aromatic rings. The Morgan fingerprint density at radius 3 is 2.69 bits per heavy atom. The van der Waals surface area contributed by atoms with Crippen molar-refractivity contribution < 1.29 is 14.0 Å². The number of primary amides is 1. The van der Waals surface area contributed by atoms with Gasteiger partial charge in [0.2, 0.25) is 0 Å². The fraction of sp³-hybridized carbons (Fsp3) is 0.0435. The van der Waals surface area contributed by atoms with Gasteiger partial charge < -0.3 is 15.1 Å². The number of aryl methyl sites for hydroxylation is 1. The van der Waals surface area contributed by atoms with Crippen LogP contribution in [0.1, 0.15) is 26.6 Å². The summed E-state index contributed by atoms with van der Waals surface area (Å²) >= 11 is 1.29. The van der Waals surface area contributed by atoms with E-state index in [1.807, 2.05) is 43.3 Å². The second-order valence-corrected chi connectivity index (χ2v) is 8.00. The molecule has 2 amide bonds. The third-order valence-corrected chi connectivity index (χ3v) is 5.68. The predicted molar refractivity (Wildman–Crippen MR) is 123 cm³/mol. The summed E-state index contributed by atoms with van der Waals surface area (Å²) in [5, 5.41) is 5.82. The van der Waals surface area contributed by atoms with E-state index in [0.717, 1.165) is 11.1 Å². The van der Waals surface area contributed by atoms with Gasteiger partial charge in [0.1, 0.15) is 17.1 Å². The van der Waals surface area contributed by atoms with Crippen LogP contribution in [0.5, 0.6) is 0 Å². The number of aromatic nitrogens is 3. The number of H-pyrrole nitrogens is 1. The van der Waals surface area contributed by atoms with Gasteiger partial charge in [-0.25, -0.2) is 9.97 Å². The number of para-hydroxylation sites is 1. The maximum absolute atomic E-state index is 13.2. The van der Waals surface area contributed by atoms with Crippen molar-refractivity contribution in [2.24, 2.45) is 5.73 Å². The van der Waals surface area contributed by atoms with E-state index in [9.17, 15) is 9.59 Å². The van der Waals surface area contributed by atoms with Gasteiger partial charge in [-0.15, -0.1) is 11.3 Å². The van der Waals surface area contributed by atoms with E-state index in [1.165, 1.54) is 11.3 Å². The standard InChI is InChI=1S/C23H17N5O3S/c1-12-6-7-20(31-12)17-9-15(14-4-2-3-5-16(14)26-17)22(30)28-23-27-19(11-32-23)13-8-18(21(24)29)25-10-13/h2-11,25H,1H3,(H2,24,29)(H,27,28,30). The highest BCUT2D eigenvalue weighted by atomic mass is 32.1. The van der Waals surface area contributed by atoms with Gasteiger partial charge >= 0.3 is 0 Å². The molecule has 0 atom stereocenters. The molecule has 0 saturated heterocycles. The molecule has 0 saturated carbocycles. The second kappa shape index (κ2) is 7.78. The molecular formula is C23H17N5O3S. The molecule has 0 fully saturated rings. The van der Waals surface area contributed by atoms with Gasteiger partial charge in [0.05, 0.1) is 16.8 Å². The first-order valence-corrected chi connectivity index (χ1v) is 10.6. The summed E-state index contributed by atoms with van der Waals surface area (Å²) in [5.74, 6) is 0.505. The first-order valence-electron chi connectivity index (χ1n) is 9.70. The van der Waals surface area contributed by atoms with Gasteiger partial charge in [-0.05, 0) is 37.3 Å². The number of aromatic amines is 1. The summed E-state index contributed by atoms with van der Waals surface area (Å²) in [6.45, 7) is 1.86. The van der Waals surface area contributed by atoms with Crippen LogP contribution in [0.25, 0.3) is 33.6 Å². The number of hydrogen-bond donors (Lipinski definition) is 3. The number of hydrogen-bond acceptors (Lipinski definition) is 6. The summed E-state index contributed by atoms with van der Waals surface area (Å²) in [5.41, 5.74) is 8.65. The average molecular weight is 443 g/mol. The maximum Gasteiger partial charge on any atom is 0.265 e. The topological polar surface area (TPSA) is 127 Å². The van der Waals surface area contributed by atoms with E-state index >= 15 is 0 Å². The number of anilines is 1. The number of rotatable bonds is 5. The summed E-state index contributed by atoms with van der Waals surface area (Å²) in [6.07, 6.45) is 1.65. The first kappa shape index (κ1) is 19.7. The third-order valence-electron chi connectivity index (χ3n) is 4.92. The minimum atomic E-state index is -0.549. The van der Waals surface area contributed by atoms with E-state index in [2.05, 4.69) is 20.3 Å². The minimum absolute atomic E-state index is 0.294. The quantitative estimate of drug-likeness (QED) is 0.366. The lowest BCUT2D eigenvalue weighted by molar-refractivity contribution is 0.0994. The Morgan fingerprint density at radius 2 is 1.94 bits per heavy atom. The monoisotopic (exact) mass is 443 g/mol. The fourth-order valence-corrected chi connectivity index (χ4v) is 4.09. The van der Waals surface area contributed by atoms with Crippen LogP contribution in [0.3, 0.4) is 0 Å². The number of fused-ring (bicyclic) bond motifs is 1. The molecule has 32 heavy (non-hydrogen) atoms. The fourth-order valence-electron chi connectivity index (χ4n) is 3.37. The van der Waals surface area contributed by atoms with E-state index in [0.29, 0.717) is 44.6 Å². The molecule has 4 aromatic heterocycles. The number of benzene rings is 1. The highest BCUT2D eigenvalue weighted by Gasteiger charge is 2.17. The number of furan rings is 1. The molecule has 0 spiro atoms. The van der Waals surface area contributed by atoms with Gasteiger partial charge in [0.15, 0.2) is 10.9 Å². The molecule has 158 valence electrons. The van der Waals surface area contributed by atoms with E-state index in [1.54, 1.807) is 23.7 Å². The number of nitrogens with zero attached hydrogens (tertiary/aromatic N) is 2. The predicted octanol–water partition coefficient (Wildman–Crippen LogP) is 4.61. The Morgan fingerprint density at radius 1 is 1.09 bits per heavy atom. The molecule has 0 aliphatic carbocycles. The van der Waals surface area contributed by atoms with E-state index in [-0.39, 0.29) is 5.91 Å². The Balaban J connectivity index is 1.47. The molecule has 9 heteroatoms. The molecular weight excluding hydrogens is 426 g/mol. The highest BCUT2D eigenvalue weighted by molar-refractivity contribution is 7.14. The van der Waals surface area contributed by atoms with Crippen LogP contribution in [0.2, 0.25) is 0 Å². The van der Waals surface area contributed by atoms with Gasteiger partial charge in [0.25, 0.3) is 11.8 Å². The van der Waals surface area contributed by atoms with Crippen LogP contribution in [0, 0.1) is 6.92 Å².